The molecule has 0 aliphatic carbocycles. The summed E-state index contributed by atoms with van der Waals surface area (Å²) in [6, 6.07) is 52.1. The van der Waals surface area contributed by atoms with Crippen LogP contribution in [0.5, 0.6) is 46.0 Å². The van der Waals surface area contributed by atoms with Crippen molar-refractivity contribution in [2.75, 3.05) is 53.9 Å². The number of carbonyl (C=O) groups excluding carboxylic acids is 2. The number of aromatic carboxylic acids is 2. The molecule has 0 saturated carbocycles. The molecule has 4 aliphatic rings. The van der Waals surface area contributed by atoms with E-state index in [9.17, 15) is 80.0 Å². The number of carboxylic acids is 2. The second kappa shape index (κ2) is 36.6. The maximum Gasteiger partial charge on any atom is 0.343 e. The molecular formula is C87H64Cl4F6N4O23. The van der Waals surface area contributed by atoms with Gasteiger partial charge in [0.05, 0.1) is 57.1 Å². The summed E-state index contributed by atoms with van der Waals surface area (Å²) in [4.78, 5) is 96.9. The number of hydrogen-bond donors (Lipinski definition) is 6. The number of hydrogen-bond acceptors (Lipinski definition) is 21. The summed E-state index contributed by atoms with van der Waals surface area (Å²) in [6.07, 6.45) is 2.05. The zero-order valence-corrected chi connectivity index (χ0v) is 67.1. The Morgan fingerprint density at radius 3 is 0.839 bits per heavy atom. The van der Waals surface area contributed by atoms with Gasteiger partial charge in [0.15, 0.2) is 41.5 Å². The average molecular weight is 1790 g/mol. The summed E-state index contributed by atoms with van der Waals surface area (Å²) >= 11 is 24.7. The molecule has 16 rings (SSSR count). The van der Waals surface area contributed by atoms with Gasteiger partial charge in [-0.15, -0.1) is 0 Å². The van der Waals surface area contributed by atoms with Gasteiger partial charge in [0.2, 0.25) is 24.9 Å². The molecule has 8 heterocycles. The number of nitrogens with zero attached hydrogens (tertiary/aromatic N) is 4. The molecule has 0 amide bonds. The Hall–Kier alpha value is -13.5. The normalized spacial score (nSPS) is 14.7. The summed E-state index contributed by atoms with van der Waals surface area (Å²) in [7, 11) is 2.39. The molecule has 4 atom stereocenters. The molecule has 12 aromatic rings. The minimum absolute atomic E-state index is 0.000273. The topological polar surface area (TPSA) is 361 Å². The number of aromatic nitrogens is 4. The number of rotatable bonds is 20. The number of carbonyl (C=O) groups is 4. The predicted octanol–water partition coefficient (Wildman–Crippen LogP) is 15.1. The molecule has 6 N–H and O–H groups in total. The van der Waals surface area contributed by atoms with Gasteiger partial charge in [-0.2, -0.15) is 0 Å². The first-order chi connectivity index (χ1) is 59.1. The van der Waals surface area contributed by atoms with E-state index in [1.54, 1.807) is 94.1 Å². The molecule has 0 radical (unpaired) electrons. The van der Waals surface area contributed by atoms with Crippen molar-refractivity contribution in [2.24, 2.45) is 0 Å². The molecule has 4 unspecified atom stereocenters. The number of esters is 2. The first-order valence-electron chi connectivity index (χ1n) is 36.6. The Labute approximate surface area is 715 Å². The van der Waals surface area contributed by atoms with Gasteiger partial charge in [-0.3, -0.25) is 19.2 Å². The number of aliphatic hydroxyl groups excluding tert-OH is 3. The van der Waals surface area contributed by atoms with Crippen LogP contribution in [0.2, 0.25) is 20.1 Å². The third-order valence-electron chi connectivity index (χ3n) is 19.2. The largest absolute Gasteiger partial charge is 0.506 e. The number of pyridine rings is 4. The Morgan fingerprint density at radius 2 is 0.597 bits per heavy atom. The van der Waals surface area contributed by atoms with Gasteiger partial charge in [0, 0.05) is 118 Å². The molecule has 0 bridgehead atoms. The molecule has 27 nitrogen and oxygen atoms in total. The lowest BCUT2D eigenvalue weighted by atomic mass is 10.0. The van der Waals surface area contributed by atoms with Crippen molar-refractivity contribution < 1.29 is 119 Å². The zero-order chi connectivity index (χ0) is 89.0. The van der Waals surface area contributed by atoms with Crippen molar-refractivity contribution in [2.45, 2.75) is 42.7 Å². The first-order valence-corrected chi connectivity index (χ1v) is 38.1. The standard InChI is InChI=1S/C23H18ClF2NO6.2C22H16ClF2NO6.C20H14ClNO5/c1-31-22(30)15-10-27-17(8-18(15)29)14-7-16(24)20(32-12-23(25,26)11-28)9-19(14)33-21(27)13-5-3-2-4-6-13;2*23-15-6-13-16-7-17(28)14(21(29)30)9-26(16)20(12-4-2-1-3-5-12)32-18(13)8-19(15)31-11-22(24,25)10-27;1-26-20(25)13-10-22-15(8-16(13)23)12-7-14(21)17(24)9-18(12)27-19(22)11-5-3-2-4-6-11/h2-10,21,28H,11-12H2,1H3;2*1-9,20,27H,10-11H2,(H,29,30);2-10,19,24H,1H3. The summed E-state index contributed by atoms with van der Waals surface area (Å²) in [5, 5.41) is 55.0. The van der Waals surface area contributed by atoms with Crippen molar-refractivity contribution in [1.29, 1.82) is 0 Å². The smallest absolute Gasteiger partial charge is 0.343 e. The Balaban J connectivity index is 0.000000142. The van der Waals surface area contributed by atoms with Crippen LogP contribution < -0.4 is 54.9 Å². The first kappa shape index (κ1) is 88.3. The van der Waals surface area contributed by atoms with E-state index >= 15 is 0 Å². The number of aromatic hydroxyl groups is 1. The van der Waals surface area contributed by atoms with E-state index in [0.717, 1.165) is 17.7 Å². The van der Waals surface area contributed by atoms with E-state index in [-0.39, 0.29) is 71.5 Å². The number of methoxy groups -OCH3 is 2. The van der Waals surface area contributed by atoms with Gasteiger partial charge in [-0.05, 0) is 24.3 Å². The van der Waals surface area contributed by atoms with Gasteiger partial charge in [0.1, 0.15) is 88.1 Å². The number of fused-ring (bicyclic) bond motifs is 12. The predicted molar refractivity (Wildman–Crippen MR) is 436 cm³/mol. The molecular weight excluding hydrogens is 1720 g/mol. The molecule has 640 valence electrons. The lowest BCUT2D eigenvalue weighted by molar-refractivity contribution is -0.0802. The molecule has 0 fully saturated rings. The van der Waals surface area contributed by atoms with Gasteiger partial charge >= 0.3 is 41.6 Å². The summed E-state index contributed by atoms with van der Waals surface area (Å²) in [5.41, 5.74) is 2.49. The fourth-order valence-electron chi connectivity index (χ4n) is 13.1. The van der Waals surface area contributed by atoms with Crippen LogP contribution in [-0.4, -0.2) is 144 Å². The minimum atomic E-state index is -3.46. The highest BCUT2D eigenvalue weighted by atomic mass is 35.5. The average Bonchev–Trinajstić information content (AvgIpc) is 0.760. The summed E-state index contributed by atoms with van der Waals surface area (Å²) in [5.74, 6) is -14.0. The van der Waals surface area contributed by atoms with Crippen LogP contribution in [0.1, 0.15) is 88.6 Å². The van der Waals surface area contributed by atoms with Gasteiger partial charge in [0.25, 0.3) is 0 Å². The van der Waals surface area contributed by atoms with Crippen molar-refractivity contribution in [3.63, 3.8) is 0 Å². The number of phenols is 1. The maximum absolute atomic E-state index is 13.4. The quantitative estimate of drug-likeness (QED) is 0.0305. The van der Waals surface area contributed by atoms with E-state index in [4.69, 9.17) is 104 Å². The number of alkyl halides is 6. The number of aliphatic hydroxyl groups is 3. The number of ether oxygens (including phenoxy) is 9. The molecule has 4 aliphatic heterocycles. The second-order valence-electron chi connectivity index (χ2n) is 27.5. The summed E-state index contributed by atoms with van der Waals surface area (Å²) in [6.45, 7) is -7.41. The molecule has 4 aromatic heterocycles. The fourth-order valence-corrected chi connectivity index (χ4v) is 14.0. The van der Waals surface area contributed by atoms with Crippen molar-refractivity contribution in [3.8, 4) is 91.0 Å². The monoisotopic (exact) mass is 1790 g/mol. The third-order valence-corrected chi connectivity index (χ3v) is 20.3. The third kappa shape index (κ3) is 18.9. The number of benzene rings is 8. The number of phenolic OH excluding ortho intramolecular Hbond substituents is 1. The number of carboxylic acid groups (broad SMARTS) is 2. The van der Waals surface area contributed by atoms with Crippen molar-refractivity contribution in [3.05, 3.63) is 324 Å². The van der Waals surface area contributed by atoms with Crippen molar-refractivity contribution >= 4 is 70.3 Å². The van der Waals surface area contributed by atoms with E-state index in [0.29, 0.717) is 67.5 Å². The van der Waals surface area contributed by atoms with Crippen LogP contribution in [0.25, 0.3) is 45.0 Å². The zero-order valence-electron chi connectivity index (χ0n) is 64.0. The lowest BCUT2D eigenvalue weighted by Gasteiger charge is -2.32. The highest BCUT2D eigenvalue weighted by Crippen LogP contribution is 2.50. The van der Waals surface area contributed by atoms with Crippen LogP contribution in [0.4, 0.5) is 26.3 Å². The Bertz CT molecular complexity index is 6190. The minimum Gasteiger partial charge on any atom is -0.506 e. The van der Waals surface area contributed by atoms with Crippen LogP contribution in [0.15, 0.2) is 238 Å². The molecule has 37 heteroatoms. The number of halogens is 10. The van der Waals surface area contributed by atoms with E-state index in [2.05, 4.69) is 0 Å². The van der Waals surface area contributed by atoms with E-state index < -0.39 is 139 Å². The Morgan fingerprint density at radius 1 is 0.363 bits per heavy atom. The second-order valence-corrected chi connectivity index (χ2v) is 29.2. The van der Waals surface area contributed by atoms with Gasteiger partial charge in [-0.25, -0.2) is 45.5 Å². The van der Waals surface area contributed by atoms with Gasteiger partial charge < -0.3 is 91.5 Å². The van der Waals surface area contributed by atoms with E-state index in [1.807, 2.05) is 36.4 Å². The maximum atomic E-state index is 13.4. The van der Waals surface area contributed by atoms with Crippen LogP contribution in [0.3, 0.4) is 0 Å². The van der Waals surface area contributed by atoms with Crippen molar-refractivity contribution in [1.82, 2.24) is 18.3 Å². The van der Waals surface area contributed by atoms with Crippen LogP contribution >= 0.6 is 46.4 Å². The highest BCUT2D eigenvalue weighted by molar-refractivity contribution is 6.33. The fraction of sp³-hybridized carbons (Fsp3) is 0.172. The van der Waals surface area contributed by atoms with Gasteiger partial charge in [-0.1, -0.05) is 168 Å². The summed E-state index contributed by atoms with van der Waals surface area (Å²) < 4.78 is 136. The molecule has 124 heavy (non-hydrogen) atoms. The van der Waals surface area contributed by atoms with Crippen LogP contribution in [0, 0.1) is 0 Å². The highest BCUT2D eigenvalue weighted by Gasteiger charge is 2.38. The van der Waals surface area contributed by atoms with E-state index in [1.165, 1.54) is 109 Å². The lowest BCUT2D eigenvalue weighted by Crippen LogP contribution is -2.30. The molecule has 0 spiro atoms. The Kier molecular flexibility index (Phi) is 26.1. The molecule has 8 aromatic carbocycles. The van der Waals surface area contributed by atoms with Crippen LogP contribution in [-0.2, 0) is 9.47 Å². The molecule has 0 saturated heterocycles. The SMILES string of the molecule is COC(=O)c1cn2c(cc1=O)-c1cc(Cl)c(O)cc1OC2c1ccccc1.COC(=O)c1cn2c(cc1=O)-c1cc(Cl)c(OCC(F)(F)CO)cc1OC2c1ccccc1.O=C(O)c1cn2c(cc1=O)-c1cc(Cl)c(OCC(F)(F)CO)cc1OC2c1ccccc1.O=C(O)c1cn2c(cc1=O)-c1cc(Cl)c(OCC(F)(F)CO)cc1OC2c1ccccc1.